The lowest BCUT2D eigenvalue weighted by molar-refractivity contribution is 0.0526. The van der Waals surface area contributed by atoms with Gasteiger partial charge in [-0.2, -0.15) is 0 Å². The molecule has 0 bridgehead atoms. The summed E-state index contributed by atoms with van der Waals surface area (Å²) in [6.07, 6.45) is 7.80. The van der Waals surface area contributed by atoms with E-state index in [1.807, 2.05) is 43.7 Å². The van der Waals surface area contributed by atoms with Gasteiger partial charge in [-0.1, -0.05) is 30.3 Å². The van der Waals surface area contributed by atoms with Crippen LogP contribution < -0.4 is 0 Å². The zero-order valence-electron chi connectivity index (χ0n) is 15.2. The Kier molecular flexibility index (Phi) is 4.75. The summed E-state index contributed by atoms with van der Waals surface area (Å²) in [6, 6.07) is 16.0. The van der Waals surface area contributed by atoms with Crippen molar-refractivity contribution >= 4 is 16.9 Å². The number of rotatable bonds is 6. The largest absolute Gasteiger partial charge is 0.462 e. The van der Waals surface area contributed by atoms with Crippen molar-refractivity contribution in [3.63, 3.8) is 0 Å². The lowest BCUT2D eigenvalue weighted by atomic mass is 10.1. The third kappa shape index (κ3) is 3.62. The number of para-hydroxylation sites is 1. The monoisotopic (exact) mass is 359 g/mol. The highest BCUT2D eigenvalue weighted by Crippen LogP contribution is 2.23. The van der Waals surface area contributed by atoms with Crippen LogP contribution in [0.4, 0.5) is 0 Å². The summed E-state index contributed by atoms with van der Waals surface area (Å²) in [7, 11) is 0. The summed E-state index contributed by atoms with van der Waals surface area (Å²) < 4.78 is 9.37. The van der Waals surface area contributed by atoms with E-state index in [-0.39, 0.29) is 5.97 Å². The van der Waals surface area contributed by atoms with Crippen molar-refractivity contribution in [3.8, 4) is 0 Å². The molecule has 0 amide bonds. The Hall–Kier alpha value is -3.34. The molecule has 0 aliphatic rings. The summed E-state index contributed by atoms with van der Waals surface area (Å²) in [5.41, 5.74) is 4.17. The molecule has 0 spiro atoms. The number of esters is 1. The van der Waals surface area contributed by atoms with Crippen molar-refractivity contribution in [2.75, 3.05) is 6.61 Å². The fourth-order valence-corrected chi connectivity index (χ4v) is 3.31. The molecule has 0 N–H and O–H groups in total. The van der Waals surface area contributed by atoms with Gasteiger partial charge < -0.3 is 13.9 Å². The second-order valence-corrected chi connectivity index (χ2v) is 6.45. The highest BCUT2D eigenvalue weighted by molar-refractivity contribution is 5.89. The van der Waals surface area contributed by atoms with Gasteiger partial charge in [-0.05, 0) is 36.2 Å². The van der Waals surface area contributed by atoms with Crippen molar-refractivity contribution in [1.29, 1.82) is 0 Å². The van der Waals surface area contributed by atoms with Crippen molar-refractivity contribution in [2.45, 2.75) is 20.0 Å². The standard InChI is InChI=1S/C22H21N3O2/c1-2-27-22(26)18-9-7-17(8-10-18)13-25-15-19(14-24-12-11-23-16-24)20-5-3-4-6-21(20)25/h3-12,15-16H,2,13-14H2,1H3. The van der Waals surface area contributed by atoms with E-state index >= 15 is 0 Å². The summed E-state index contributed by atoms with van der Waals surface area (Å²) >= 11 is 0. The summed E-state index contributed by atoms with van der Waals surface area (Å²) in [6.45, 7) is 3.73. The zero-order chi connectivity index (χ0) is 18.6. The van der Waals surface area contributed by atoms with Gasteiger partial charge in [0.15, 0.2) is 0 Å². The van der Waals surface area contributed by atoms with Crippen LogP contribution in [0.25, 0.3) is 10.9 Å². The molecule has 0 atom stereocenters. The Morgan fingerprint density at radius 1 is 1.07 bits per heavy atom. The predicted molar refractivity (Wildman–Crippen MR) is 105 cm³/mol. The van der Waals surface area contributed by atoms with Gasteiger partial charge in [0, 0.05) is 36.0 Å². The van der Waals surface area contributed by atoms with Crippen LogP contribution in [0.15, 0.2) is 73.4 Å². The maximum absolute atomic E-state index is 11.8. The molecule has 2 heterocycles. The van der Waals surface area contributed by atoms with E-state index in [9.17, 15) is 4.79 Å². The molecular formula is C22H21N3O2. The Morgan fingerprint density at radius 3 is 2.63 bits per heavy atom. The topological polar surface area (TPSA) is 49.0 Å². The summed E-state index contributed by atoms with van der Waals surface area (Å²) in [4.78, 5) is 15.9. The lowest BCUT2D eigenvalue weighted by Gasteiger charge is -2.07. The smallest absolute Gasteiger partial charge is 0.338 e. The molecule has 4 rings (SSSR count). The molecule has 0 saturated carbocycles. The molecule has 0 aliphatic carbocycles. The second-order valence-electron chi connectivity index (χ2n) is 6.45. The number of fused-ring (bicyclic) bond motifs is 1. The minimum absolute atomic E-state index is 0.280. The highest BCUT2D eigenvalue weighted by atomic mass is 16.5. The number of nitrogens with zero attached hydrogens (tertiary/aromatic N) is 3. The van der Waals surface area contributed by atoms with E-state index in [4.69, 9.17) is 4.74 Å². The number of benzene rings is 2. The molecule has 2 aromatic carbocycles. The first-order valence-electron chi connectivity index (χ1n) is 9.03. The van der Waals surface area contributed by atoms with Crippen LogP contribution >= 0.6 is 0 Å². The van der Waals surface area contributed by atoms with Crippen LogP contribution in [-0.4, -0.2) is 26.7 Å². The number of hydrogen-bond donors (Lipinski definition) is 0. The molecule has 0 unspecified atom stereocenters. The molecule has 0 fully saturated rings. The van der Waals surface area contributed by atoms with Crippen LogP contribution in [0.3, 0.4) is 0 Å². The molecule has 0 aliphatic heterocycles. The van der Waals surface area contributed by atoms with Gasteiger partial charge in [-0.3, -0.25) is 0 Å². The van der Waals surface area contributed by atoms with Crippen LogP contribution in [0, 0.1) is 0 Å². The van der Waals surface area contributed by atoms with Crippen molar-refractivity contribution in [2.24, 2.45) is 0 Å². The molecule has 0 radical (unpaired) electrons. The Balaban J connectivity index is 1.61. The van der Waals surface area contributed by atoms with Crippen LogP contribution in [0.1, 0.15) is 28.4 Å². The Morgan fingerprint density at radius 2 is 1.89 bits per heavy atom. The average molecular weight is 359 g/mol. The van der Waals surface area contributed by atoms with Crippen LogP contribution in [-0.2, 0) is 17.8 Å². The van der Waals surface area contributed by atoms with Crippen molar-refractivity contribution in [1.82, 2.24) is 14.1 Å². The minimum atomic E-state index is -0.280. The van der Waals surface area contributed by atoms with Crippen LogP contribution in [0.2, 0.25) is 0 Å². The average Bonchev–Trinajstić information content (AvgIpc) is 3.32. The van der Waals surface area contributed by atoms with Gasteiger partial charge in [0.25, 0.3) is 0 Å². The normalized spacial score (nSPS) is 11.0. The first-order valence-corrected chi connectivity index (χ1v) is 9.03. The van der Waals surface area contributed by atoms with E-state index in [1.54, 1.807) is 6.20 Å². The molecule has 5 nitrogen and oxygen atoms in total. The van der Waals surface area contributed by atoms with Gasteiger partial charge in [-0.15, -0.1) is 0 Å². The van der Waals surface area contributed by atoms with E-state index in [0.29, 0.717) is 12.2 Å². The quantitative estimate of drug-likeness (QED) is 0.487. The lowest BCUT2D eigenvalue weighted by Crippen LogP contribution is -2.05. The maximum atomic E-state index is 11.8. The van der Waals surface area contributed by atoms with Gasteiger partial charge >= 0.3 is 5.97 Å². The molecule has 0 saturated heterocycles. The van der Waals surface area contributed by atoms with E-state index < -0.39 is 0 Å². The second kappa shape index (κ2) is 7.50. The fourth-order valence-electron chi connectivity index (χ4n) is 3.31. The van der Waals surface area contributed by atoms with Crippen molar-refractivity contribution < 1.29 is 9.53 Å². The van der Waals surface area contributed by atoms with E-state index in [1.165, 1.54) is 16.5 Å². The van der Waals surface area contributed by atoms with Gasteiger partial charge in [0.2, 0.25) is 0 Å². The molecule has 4 aromatic rings. The number of carbonyl (C=O) groups is 1. The Labute approximate surface area is 157 Å². The molecule has 5 heteroatoms. The molecule has 27 heavy (non-hydrogen) atoms. The first kappa shape index (κ1) is 17.1. The Bertz CT molecular complexity index is 1050. The predicted octanol–water partition coefficient (Wildman–Crippen LogP) is 4.11. The van der Waals surface area contributed by atoms with Gasteiger partial charge in [-0.25, -0.2) is 9.78 Å². The third-order valence-corrected chi connectivity index (χ3v) is 4.60. The summed E-state index contributed by atoms with van der Waals surface area (Å²) in [5.74, 6) is -0.280. The zero-order valence-corrected chi connectivity index (χ0v) is 15.2. The van der Waals surface area contributed by atoms with Crippen LogP contribution in [0.5, 0.6) is 0 Å². The number of imidazole rings is 1. The third-order valence-electron chi connectivity index (χ3n) is 4.60. The molecule has 2 aromatic heterocycles. The van der Waals surface area contributed by atoms with Gasteiger partial charge in [0.05, 0.1) is 25.0 Å². The number of hydrogen-bond acceptors (Lipinski definition) is 3. The maximum Gasteiger partial charge on any atom is 0.338 e. The van der Waals surface area contributed by atoms with E-state index in [0.717, 1.165) is 18.7 Å². The van der Waals surface area contributed by atoms with Crippen molar-refractivity contribution in [3.05, 3.63) is 90.1 Å². The van der Waals surface area contributed by atoms with E-state index in [2.05, 4.69) is 44.6 Å². The number of ether oxygens (including phenoxy) is 1. The molecular weight excluding hydrogens is 338 g/mol. The number of carbonyl (C=O) groups excluding carboxylic acids is 1. The first-order chi connectivity index (χ1) is 13.2. The summed E-state index contributed by atoms with van der Waals surface area (Å²) in [5, 5.41) is 1.24. The number of aromatic nitrogens is 3. The fraction of sp³-hybridized carbons (Fsp3) is 0.182. The van der Waals surface area contributed by atoms with Gasteiger partial charge in [0.1, 0.15) is 0 Å². The molecule has 136 valence electrons. The highest BCUT2D eigenvalue weighted by Gasteiger charge is 2.10. The minimum Gasteiger partial charge on any atom is -0.462 e. The SMILES string of the molecule is CCOC(=O)c1ccc(Cn2cc(Cn3ccnc3)c3ccccc32)cc1.